The second kappa shape index (κ2) is 1.98. The molecule has 1 heteroatoms. The van der Waals surface area contributed by atoms with Gasteiger partial charge in [-0.15, -0.1) is 0 Å². The van der Waals surface area contributed by atoms with Crippen LogP contribution in [0.25, 0.3) is 0 Å². The van der Waals surface area contributed by atoms with Gasteiger partial charge in [-0.05, 0) is 31.1 Å². The highest BCUT2D eigenvalue weighted by molar-refractivity contribution is 4.86. The Labute approximate surface area is 56.1 Å². The van der Waals surface area contributed by atoms with E-state index in [4.69, 9.17) is 0 Å². The van der Waals surface area contributed by atoms with E-state index in [2.05, 4.69) is 0 Å². The summed E-state index contributed by atoms with van der Waals surface area (Å²) < 4.78 is 0. The average Bonchev–Trinajstić information content (AvgIpc) is 2.09. The van der Waals surface area contributed by atoms with E-state index in [1.807, 2.05) is 0 Å². The first-order valence-electron chi connectivity index (χ1n) is 4.04. The number of hydrogen-bond acceptors (Lipinski definition) is 1. The van der Waals surface area contributed by atoms with E-state index in [0.717, 1.165) is 12.3 Å². The fourth-order valence-electron chi connectivity index (χ4n) is 2.43. The molecule has 52 valence electrons. The van der Waals surface area contributed by atoms with Crippen LogP contribution in [0.15, 0.2) is 0 Å². The van der Waals surface area contributed by atoms with E-state index in [-0.39, 0.29) is 6.10 Å². The quantitative estimate of drug-likeness (QED) is 0.522. The summed E-state index contributed by atoms with van der Waals surface area (Å²) in [6.07, 6.45) is 6.53. The standard InChI is InChI=1S/C8H14O/c9-8-5-6-2-1-3-7(8)4-6/h6-9H,1-5H2/t6-,7+,8-/m1/s1. The summed E-state index contributed by atoms with van der Waals surface area (Å²) in [5.74, 6) is 1.57. The van der Waals surface area contributed by atoms with Crippen molar-refractivity contribution in [3.8, 4) is 0 Å². The summed E-state index contributed by atoms with van der Waals surface area (Å²) in [6.45, 7) is 0. The normalized spacial score (nSPS) is 49.7. The van der Waals surface area contributed by atoms with Crippen molar-refractivity contribution in [2.24, 2.45) is 11.8 Å². The SMILES string of the molecule is O[C@@H]1C[C@@H]2CCC[C@H]1C2. The number of aliphatic hydroxyl groups is 1. The largest absolute Gasteiger partial charge is 0.393 e. The van der Waals surface area contributed by atoms with Crippen molar-refractivity contribution in [2.45, 2.75) is 38.2 Å². The maximum Gasteiger partial charge on any atom is 0.0571 e. The molecular weight excluding hydrogens is 112 g/mol. The molecule has 0 aromatic rings. The number of rotatable bonds is 0. The van der Waals surface area contributed by atoms with Crippen molar-refractivity contribution in [2.75, 3.05) is 0 Å². The van der Waals surface area contributed by atoms with Gasteiger partial charge in [-0.3, -0.25) is 0 Å². The smallest absolute Gasteiger partial charge is 0.0571 e. The van der Waals surface area contributed by atoms with Gasteiger partial charge in [0.05, 0.1) is 6.10 Å². The Hall–Kier alpha value is -0.0400. The van der Waals surface area contributed by atoms with Gasteiger partial charge < -0.3 is 5.11 Å². The van der Waals surface area contributed by atoms with Gasteiger partial charge in [0.15, 0.2) is 0 Å². The van der Waals surface area contributed by atoms with Crippen molar-refractivity contribution >= 4 is 0 Å². The first kappa shape index (κ1) is 5.72. The Balaban J connectivity index is 2.07. The van der Waals surface area contributed by atoms with Crippen LogP contribution in [0.5, 0.6) is 0 Å². The Morgan fingerprint density at radius 3 is 2.67 bits per heavy atom. The molecule has 0 amide bonds. The second-order valence-corrected chi connectivity index (χ2v) is 3.60. The van der Waals surface area contributed by atoms with Crippen molar-refractivity contribution in [3.63, 3.8) is 0 Å². The van der Waals surface area contributed by atoms with Crippen LogP contribution in [-0.2, 0) is 0 Å². The van der Waals surface area contributed by atoms with E-state index < -0.39 is 0 Å². The molecule has 2 bridgehead atoms. The van der Waals surface area contributed by atoms with Crippen molar-refractivity contribution < 1.29 is 5.11 Å². The third kappa shape index (κ3) is 0.877. The van der Waals surface area contributed by atoms with Gasteiger partial charge in [-0.1, -0.05) is 12.8 Å². The van der Waals surface area contributed by atoms with E-state index in [1.54, 1.807) is 0 Å². The molecule has 3 atom stereocenters. The van der Waals surface area contributed by atoms with Crippen LogP contribution < -0.4 is 0 Å². The van der Waals surface area contributed by atoms with Crippen molar-refractivity contribution in [1.82, 2.24) is 0 Å². The zero-order chi connectivity index (χ0) is 6.27. The highest BCUT2D eigenvalue weighted by Crippen LogP contribution is 2.41. The van der Waals surface area contributed by atoms with Gasteiger partial charge >= 0.3 is 0 Å². The molecule has 0 heterocycles. The zero-order valence-corrected chi connectivity index (χ0v) is 5.71. The molecule has 9 heavy (non-hydrogen) atoms. The summed E-state index contributed by atoms with van der Waals surface area (Å²) in [4.78, 5) is 0. The lowest BCUT2D eigenvalue weighted by atomic mass is 9.89. The van der Waals surface area contributed by atoms with Crippen molar-refractivity contribution in [3.05, 3.63) is 0 Å². The molecule has 2 fully saturated rings. The molecule has 0 unspecified atom stereocenters. The van der Waals surface area contributed by atoms with Gasteiger partial charge in [-0.2, -0.15) is 0 Å². The van der Waals surface area contributed by atoms with Crippen LogP contribution in [0, 0.1) is 11.8 Å². The van der Waals surface area contributed by atoms with E-state index in [9.17, 15) is 5.11 Å². The fraction of sp³-hybridized carbons (Fsp3) is 1.00. The highest BCUT2D eigenvalue weighted by atomic mass is 16.3. The van der Waals surface area contributed by atoms with Crippen LogP contribution in [0.1, 0.15) is 32.1 Å². The van der Waals surface area contributed by atoms with E-state index >= 15 is 0 Å². The summed E-state index contributed by atoms with van der Waals surface area (Å²) in [5, 5.41) is 9.40. The molecular formula is C8H14O. The molecule has 0 aromatic heterocycles. The maximum absolute atomic E-state index is 9.40. The van der Waals surface area contributed by atoms with Crippen LogP contribution >= 0.6 is 0 Å². The summed E-state index contributed by atoms with van der Waals surface area (Å²) in [6, 6.07) is 0. The van der Waals surface area contributed by atoms with Crippen LogP contribution in [0.2, 0.25) is 0 Å². The number of aliphatic hydroxyl groups excluding tert-OH is 1. The van der Waals surface area contributed by atoms with Crippen LogP contribution in [0.4, 0.5) is 0 Å². The lowest BCUT2D eigenvalue weighted by molar-refractivity contribution is 0.129. The molecule has 2 aliphatic carbocycles. The van der Waals surface area contributed by atoms with E-state index in [0.29, 0.717) is 5.92 Å². The van der Waals surface area contributed by atoms with Crippen LogP contribution in [0.3, 0.4) is 0 Å². The lowest BCUT2D eigenvalue weighted by Crippen LogP contribution is -2.12. The molecule has 2 saturated carbocycles. The average molecular weight is 126 g/mol. The topological polar surface area (TPSA) is 20.2 Å². The predicted octanol–water partition coefficient (Wildman–Crippen LogP) is 1.56. The molecule has 0 spiro atoms. The minimum atomic E-state index is 0.0671. The van der Waals surface area contributed by atoms with E-state index in [1.165, 1.54) is 25.7 Å². The van der Waals surface area contributed by atoms with Crippen LogP contribution in [-0.4, -0.2) is 11.2 Å². The van der Waals surface area contributed by atoms with Gasteiger partial charge in [0.1, 0.15) is 0 Å². The van der Waals surface area contributed by atoms with Gasteiger partial charge in [0, 0.05) is 0 Å². The Morgan fingerprint density at radius 1 is 1.11 bits per heavy atom. The first-order valence-corrected chi connectivity index (χ1v) is 4.04. The minimum absolute atomic E-state index is 0.0671. The first-order chi connectivity index (χ1) is 4.36. The fourth-order valence-corrected chi connectivity index (χ4v) is 2.43. The third-order valence-electron chi connectivity index (χ3n) is 2.94. The molecule has 0 aromatic carbocycles. The summed E-state index contributed by atoms with van der Waals surface area (Å²) in [7, 11) is 0. The molecule has 2 aliphatic rings. The molecule has 1 nitrogen and oxygen atoms in total. The summed E-state index contributed by atoms with van der Waals surface area (Å²) >= 11 is 0. The third-order valence-corrected chi connectivity index (χ3v) is 2.94. The van der Waals surface area contributed by atoms with Gasteiger partial charge in [-0.25, -0.2) is 0 Å². The van der Waals surface area contributed by atoms with Gasteiger partial charge in [0.25, 0.3) is 0 Å². The summed E-state index contributed by atoms with van der Waals surface area (Å²) in [5.41, 5.74) is 0. The molecule has 0 aliphatic heterocycles. The predicted molar refractivity (Wildman–Crippen MR) is 36.1 cm³/mol. The zero-order valence-electron chi connectivity index (χ0n) is 5.71. The monoisotopic (exact) mass is 126 g/mol. The Morgan fingerprint density at radius 2 is 2.00 bits per heavy atom. The molecule has 0 radical (unpaired) electrons. The lowest BCUT2D eigenvalue weighted by Gasteiger charge is -2.17. The molecule has 0 saturated heterocycles. The number of fused-ring (bicyclic) bond motifs is 2. The number of hydrogen-bond donors (Lipinski definition) is 1. The van der Waals surface area contributed by atoms with Crippen molar-refractivity contribution in [1.29, 1.82) is 0 Å². The van der Waals surface area contributed by atoms with Gasteiger partial charge in [0.2, 0.25) is 0 Å². The minimum Gasteiger partial charge on any atom is -0.393 e. The Bertz CT molecular complexity index is 109. The highest BCUT2D eigenvalue weighted by Gasteiger charge is 2.35. The molecule has 2 rings (SSSR count). The Kier molecular flexibility index (Phi) is 1.26. The molecule has 1 N–H and O–H groups in total. The second-order valence-electron chi connectivity index (χ2n) is 3.60. The maximum atomic E-state index is 9.40.